The second kappa shape index (κ2) is 7.22. The zero-order valence-electron chi connectivity index (χ0n) is 12.6. The van der Waals surface area contributed by atoms with Gasteiger partial charge in [-0.1, -0.05) is 50.0 Å². The molecule has 104 valence electrons. The monoisotopic (exact) mass is 276 g/mol. The molecule has 2 nitrogen and oxygen atoms in total. The fourth-order valence-electron chi connectivity index (χ4n) is 1.78. The van der Waals surface area contributed by atoms with Gasteiger partial charge in [0.25, 0.3) is 0 Å². The minimum atomic E-state index is -1.52. The van der Waals surface area contributed by atoms with E-state index < -0.39 is 8.07 Å². The molecule has 1 aromatic carbocycles. The molecular formula is C16H24O2Si. The van der Waals surface area contributed by atoms with Gasteiger partial charge in [0, 0.05) is 0 Å². The van der Waals surface area contributed by atoms with E-state index >= 15 is 0 Å². The second-order valence-corrected chi connectivity index (χ2v) is 10.3. The first-order valence-corrected chi connectivity index (χ1v) is 10.3. The first-order chi connectivity index (χ1) is 8.99. The maximum Gasteiger partial charge on any atom is 0.327 e. The predicted molar refractivity (Wildman–Crippen MR) is 83.5 cm³/mol. The third-order valence-corrected chi connectivity index (χ3v) is 4.50. The van der Waals surface area contributed by atoms with E-state index in [0.29, 0.717) is 19.2 Å². The molecule has 0 heterocycles. The van der Waals surface area contributed by atoms with Crippen LogP contribution >= 0.6 is 0 Å². The Morgan fingerprint density at radius 3 is 1.95 bits per heavy atom. The van der Waals surface area contributed by atoms with Crippen LogP contribution in [0.25, 0.3) is 5.20 Å². The van der Waals surface area contributed by atoms with E-state index in [0.717, 1.165) is 0 Å². The summed E-state index contributed by atoms with van der Waals surface area (Å²) in [5.41, 5.74) is 4.57. The van der Waals surface area contributed by atoms with Crippen molar-refractivity contribution in [3.8, 4) is 0 Å². The lowest BCUT2D eigenvalue weighted by Gasteiger charge is -2.19. The molecule has 1 rings (SSSR count). The van der Waals surface area contributed by atoms with E-state index in [1.165, 1.54) is 10.8 Å². The highest BCUT2D eigenvalue weighted by Gasteiger charge is 2.21. The van der Waals surface area contributed by atoms with Crippen LogP contribution in [0.2, 0.25) is 19.6 Å². The summed E-state index contributed by atoms with van der Waals surface area (Å²) in [6.07, 6.45) is 0. The van der Waals surface area contributed by atoms with Crippen molar-refractivity contribution in [2.75, 3.05) is 13.2 Å². The molecule has 0 aromatic heterocycles. The molecule has 0 radical (unpaired) electrons. The van der Waals surface area contributed by atoms with Gasteiger partial charge in [-0.25, -0.2) is 0 Å². The lowest BCUT2D eigenvalue weighted by molar-refractivity contribution is 0.0479. The van der Waals surface area contributed by atoms with Crippen LogP contribution < -0.4 is 0 Å². The fraction of sp³-hybridized carbons (Fsp3) is 0.438. The van der Waals surface area contributed by atoms with Crippen molar-refractivity contribution in [1.29, 1.82) is 0 Å². The lowest BCUT2D eigenvalue weighted by atomic mass is 10.2. The molecule has 0 saturated carbocycles. The summed E-state index contributed by atoms with van der Waals surface area (Å²) >= 11 is 0. The smallest absolute Gasteiger partial charge is 0.327 e. The van der Waals surface area contributed by atoms with Crippen LogP contribution in [0, 0.1) is 0 Å². The number of hydrogen-bond donors (Lipinski definition) is 0. The molecule has 0 unspecified atom stereocenters. The molecule has 1 aromatic rings. The highest BCUT2D eigenvalue weighted by atomic mass is 28.3. The molecule has 0 aliphatic rings. The first kappa shape index (κ1) is 15.6. The van der Waals surface area contributed by atoms with Gasteiger partial charge in [0.15, 0.2) is 0 Å². The summed E-state index contributed by atoms with van der Waals surface area (Å²) < 4.78 is 11.0. The van der Waals surface area contributed by atoms with Gasteiger partial charge in [-0.2, -0.15) is 0 Å². The number of rotatable bonds is 6. The second-order valence-electron chi connectivity index (χ2n) is 5.27. The molecule has 0 aliphatic carbocycles. The van der Waals surface area contributed by atoms with Crippen molar-refractivity contribution in [3.63, 3.8) is 0 Å². The van der Waals surface area contributed by atoms with Gasteiger partial charge in [0.2, 0.25) is 0 Å². The third-order valence-electron chi connectivity index (χ3n) is 2.59. The van der Waals surface area contributed by atoms with Gasteiger partial charge < -0.3 is 9.47 Å². The van der Waals surface area contributed by atoms with E-state index in [1.807, 2.05) is 19.9 Å². The topological polar surface area (TPSA) is 18.5 Å². The van der Waals surface area contributed by atoms with E-state index in [9.17, 15) is 0 Å². The maximum absolute atomic E-state index is 5.51. The Kier molecular flexibility index (Phi) is 5.93. The first-order valence-electron chi connectivity index (χ1n) is 6.81. The van der Waals surface area contributed by atoms with E-state index in [1.54, 1.807) is 0 Å². The Hall–Kier alpha value is -1.44. The van der Waals surface area contributed by atoms with Gasteiger partial charge in [-0.3, -0.25) is 0 Å². The third kappa shape index (κ3) is 4.97. The van der Waals surface area contributed by atoms with Crippen molar-refractivity contribution < 1.29 is 9.47 Å². The highest BCUT2D eigenvalue weighted by Crippen LogP contribution is 2.25. The molecule has 0 fully saturated rings. The van der Waals surface area contributed by atoms with Crippen LogP contribution in [0.1, 0.15) is 19.4 Å². The van der Waals surface area contributed by atoms with Gasteiger partial charge in [0.1, 0.15) is 0 Å². The van der Waals surface area contributed by atoms with Gasteiger partial charge >= 0.3 is 5.95 Å². The Morgan fingerprint density at radius 1 is 1.00 bits per heavy atom. The largest absolute Gasteiger partial charge is 0.460 e. The molecule has 0 spiro atoms. The Balaban J connectivity index is 3.34. The van der Waals surface area contributed by atoms with E-state index in [2.05, 4.69) is 49.6 Å². The minimum absolute atomic E-state index is 0.506. The summed E-state index contributed by atoms with van der Waals surface area (Å²) in [6, 6.07) is 10.4. The zero-order chi connectivity index (χ0) is 14.3. The molecular weight excluding hydrogens is 252 g/mol. The summed E-state index contributed by atoms with van der Waals surface area (Å²) in [5, 5.41) is 1.23. The minimum Gasteiger partial charge on any atom is -0.460 e. The van der Waals surface area contributed by atoms with Crippen molar-refractivity contribution in [2.24, 2.45) is 0 Å². The van der Waals surface area contributed by atoms with Crippen molar-refractivity contribution >= 4 is 13.3 Å². The van der Waals surface area contributed by atoms with Crippen LogP contribution in [0.15, 0.2) is 42.0 Å². The van der Waals surface area contributed by atoms with Gasteiger partial charge in [-0.05, 0) is 30.3 Å². The molecule has 0 amide bonds. The molecule has 19 heavy (non-hydrogen) atoms. The summed E-state index contributed by atoms with van der Waals surface area (Å²) in [7, 11) is -1.52. The zero-order valence-corrected chi connectivity index (χ0v) is 13.6. The van der Waals surface area contributed by atoms with Gasteiger partial charge in [-0.15, -0.1) is 0 Å². The molecule has 3 heteroatoms. The molecule has 0 aliphatic heterocycles. The summed E-state index contributed by atoms with van der Waals surface area (Å²) in [4.78, 5) is 0. The maximum atomic E-state index is 5.51. The standard InChI is InChI=1S/C16H24O2Si/c1-6-17-16(18-7-2)13-15(19(3,4)5)14-11-9-8-10-12-14/h8-12H,6-7H2,1-5H3. The Bertz CT molecular complexity index is 443. The normalized spacial score (nSPS) is 10.6. The van der Waals surface area contributed by atoms with Crippen LogP contribution in [-0.2, 0) is 9.47 Å². The Labute approximate surface area is 117 Å². The predicted octanol–water partition coefficient (Wildman–Crippen LogP) is 4.46. The van der Waals surface area contributed by atoms with Crippen LogP contribution in [0.3, 0.4) is 0 Å². The quantitative estimate of drug-likeness (QED) is 0.434. The molecule has 0 bridgehead atoms. The average Bonchev–Trinajstić information content (AvgIpc) is 2.36. The number of benzene rings is 1. The van der Waals surface area contributed by atoms with Crippen LogP contribution in [-0.4, -0.2) is 21.3 Å². The SMILES string of the molecule is CCOC(=C=C(c1ccccc1)[Si](C)(C)C)OCC. The van der Waals surface area contributed by atoms with Crippen LogP contribution in [0.4, 0.5) is 0 Å². The number of hydrogen-bond acceptors (Lipinski definition) is 2. The van der Waals surface area contributed by atoms with Gasteiger partial charge in [0.05, 0.1) is 21.3 Å². The highest BCUT2D eigenvalue weighted by molar-refractivity contribution is 6.93. The fourth-order valence-corrected chi connectivity index (χ4v) is 3.29. The summed E-state index contributed by atoms with van der Waals surface area (Å²) in [5.74, 6) is 0.506. The van der Waals surface area contributed by atoms with Crippen molar-refractivity contribution in [2.45, 2.75) is 33.5 Å². The molecule has 0 N–H and O–H groups in total. The summed E-state index contributed by atoms with van der Waals surface area (Å²) in [6.45, 7) is 12.0. The molecule has 0 atom stereocenters. The lowest BCUT2D eigenvalue weighted by Crippen LogP contribution is -2.22. The van der Waals surface area contributed by atoms with E-state index in [4.69, 9.17) is 9.47 Å². The van der Waals surface area contributed by atoms with Crippen LogP contribution in [0.5, 0.6) is 0 Å². The van der Waals surface area contributed by atoms with Crippen molar-refractivity contribution in [1.82, 2.24) is 0 Å². The van der Waals surface area contributed by atoms with E-state index in [-0.39, 0.29) is 0 Å². The van der Waals surface area contributed by atoms with Crippen molar-refractivity contribution in [3.05, 3.63) is 47.6 Å². The Morgan fingerprint density at radius 2 is 1.53 bits per heavy atom. The number of ether oxygens (including phenoxy) is 2. The molecule has 0 saturated heterocycles. The average molecular weight is 276 g/mol.